The highest BCUT2D eigenvalue weighted by atomic mass is 16.6. The van der Waals surface area contributed by atoms with E-state index in [1.54, 1.807) is 0 Å². The number of hydrogen-bond donors (Lipinski definition) is 0. The van der Waals surface area contributed by atoms with Gasteiger partial charge in [-0.25, -0.2) is 0 Å². The fourth-order valence-electron chi connectivity index (χ4n) is 2.02. The van der Waals surface area contributed by atoms with Crippen molar-refractivity contribution in [3.8, 4) is 0 Å². The molecule has 0 aliphatic heterocycles. The Labute approximate surface area is 120 Å². The number of aromatic nitrogens is 1. The first kappa shape index (κ1) is 14.5. The second-order valence-corrected chi connectivity index (χ2v) is 6.13. The number of nitrogens with zero attached hydrogens (tertiary/aromatic N) is 1. The van der Waals surface area contributed by atoms with Crippen LogP contribution in [0, 0.1) is 5.92 Å². The Bertz CT molecular complexity index is 614. The number of hydrogen-bond acceptors (Lipinski definition) is 3. The predicted molar refractivity (Wildman–Crippen MR) is 80.5 cm³/mol. The standard InChI is InChI=1S/C17H21NO2/c1-12(16(19)20-17(2,3)4)11-14-10-9-13-7-5-6-8-15(13)18-14/h5-10,12H,11H2,1-4H3. The zero-order chi connectivity index (χ0) is 14.8. The second-order valence-electron chi connectivity index (χ2n) is 6.13. The second kappa shape index (κ2) is 5.61. The van der Waals surface area contributed by atoms with Crippen LogP contribution in [0.25, 0.3) is 10.9 Å². The van der Waals surface area contributed by atoms with Crippen molar-refractivity contribution in [2.75, 3.05) is 0 Å². The minimum atomic E-state index is -0.442. The Balaban J connectivity index is 2.09. The molecule has 0 radical (unpaired) electrons. The molecule has 2 rings (SSSR count). The number of pyridine rings is 1. The average Bonchev–Trinajstić information content (AvgIpc) is 2.36. The van der Waals surface area contributed by atoms with Crippen LogP contribution >= 0.6 is 0 Å². The molecule has 106 valence electrons. The van der Waals surface area contributed by atoms with Crippen LogP contribution < -0.4 is 0 Å². The van der Waals surface area contributed by atoms with E-state index in [-0.39, 0.29) is 11.9 Å². The molecule has 0 amide bonds. The largest absolute Gasteiger partial charge is 0.460 e. The molecule has 3 heteroatoms. The Morgan fingerprint density at radius 1 is 1.20 bits per heavy atom. The Hall–Kier alpha value is -1.90. The monoisotopic (exact) mass is 271 g/mol. The van der Waals surface area contributed by atoms with Gasteiger partial charge in [-0.2, -0.15) is 0 Å². The third-order valence-electron chi connectivity index (χ3n) is 2.98. The molecule has 1 aromatic heterocycles. The van der Waals surface area contributed by atoms with Gasteiger partial charge in [0.15, 0.2) is 0 Å². The molecule has 0 bridgehead atoms. The molecule has 0 saturated heterocycles. The van der Waals surface area contributed by atoms with Crippen molar-refractivity contribution in [3.63, 3.8) is 0 Å². The highest BCUT2D eigenvalue weighted by Crippen LogP contribution is 2.17. The topological polar surface area (TPSA) is 39.2 Å². The highest BCUT2D eigenvalue weighted by molar-refractivity contribution is 5.78. The van der Waals surface area contributed by atoms with E-state index in [2.05, 4.69) is 4.98 Å². The van der Waals surface area contributed by atoms with Gasteiger partial charge in [0.05, 0.1) is 11.4 Å². The van der Waals surface area contributed by atoms with Crippen LogP contribution in [0.3, 0.4) is 0 Å². The van der Waals surface area contributed by atoms with Gasteiger partial charge in [-0.1, -0.05) is 31.2 Å². The molecule has 0 spiro atoms. The number of rotatable bonds is 3. The lowest BCUT2D eigenvalue weighted by Gasteiger charge is -2.22. The first-order valence-electron chi connectivity index (χ1n) is 6.93. The van der Waals surface area contributed by atoms with Gasteiger partial charge >= 0.3 is 5.97 Å². The summed E-state index contributed by atoms with van der Waals surface area (Å²) >= 11 is 0. The van der Waals surface area contributed by atoms with E-state index in [0.717, 1.165) is 16.6 Å². The molecule has 1 aromatic carbocycles. The van der Waals surface area contributed by atoms with Crippen LogP contribution in [-0.2, 0) is 16.0 Å². The quantitative estimate of drug-likeness (QED) is 0.798. The summed E-state index contributed by atoms with van der Waals surface area (Å²) in [4.78, 5) is 16.6. The maximum absolute atomic E-state index is 12.0. The third-order valence-corrected chi connectivity index (χ3v) is 2.98. The van der Waals surface area contributed by atoms with Gasteiger partial charge in [-0.3, -0.25) is 9.78 Å². The minimum absolute atomic E-state index is 0.174. The fraction of sp³-hybridized carbons (Fsp3) is 0.412. The Kier molecular flexibility index (Phi) is 4.07. The lowest BCUT2D eigenvalue weighted by molar-refractivity contribution is -0.159. The van der Waals surface area contributed by atoms with Gasteiger partial charge in [0.25, 0.3) is 0 Å². The van der Waals surface area contributed by atoms with E-state index in [4.69, 9.17) is 4.74 Å². The van der Waals surface area contributed by atoms with E-state index in [1.807, 2.05) is 64.1 Å². The fourth-order valence-corrected chi connectivity index (χ4v) is 2.02. The molecule has 1 atom stereocenters. The number of ether oxygens (including phenoxy) is 1. The number of fused-ring (bicyclic) bond motifs is 1. The van der Waals surface area contributed by atoms with Crippen molar-refractivity contribution in [2.45, 2.75) is 39.7 Å². The van der Waals surface area contributed by atoms with Crippen LogP contribution in [0.1, 0.15) is 33.4 Å². The van der Waals surface area contributed by atoms with Gasteiger partial charge in [0, 0.05) is 17.5 Å². The maximum atomic E-state index is 12.0. The first-order chi connectivity index (χ1) is 9.35. The average molecular weight is 271 g/mol. The van der Waals surface area contributed by atoms with Crippen molar-refractivity contribution in [1.29, 1.82) is 0 Å². The minimum Gasteiger partial charge on any atom is -0.460 e. The molecule has 20 heavy (non-hydrogen) atoms. The van der Waals surface area contributed by atoms with Crippen molar-refractivity contribution in [1.82, 2.24) is 4.98 Å². The third kappa shape index (κ3) is 3.80. The summed E-state index contributed by atoms with van der Waals surface area (Å²) in [6.45, 7) is 7.52. The van der Waals surface area contributed by atoms with E-state index in [9.17, 15) is 4.79 Å². The van der Waals surface area contributed by atoms with E-state index in [0.29, 0.717) is 6.42 Å². The molecule has 0 saturated carbocycles. The molecule has 1 unspecified atom stereocenters. The summed E-state index contributed by atoms with van der Waals surface area (Å²) in [5.41, 5.74) is 1.44. The van der Waals surface area contributed by atoms with Gasteiger partial charge in [-0.05, 0) is 32.9 Å². The Morgan fingerprint density at radius 2 is 1.90 bits per heavy atom. The van der Waals surface area contributed by atoms with Gasteiger partial charge < -0.3 is 4.74 Å². The SMILES string of the molecule is CC(Cc1ccc2ccccc2n1)C(=O)OC(C)(C)C. The zero-order valence-electron chi connectivity index (χ0n) is 12.5. The maximum Gasteiger partial charge on any atom is 0.309 e. The van der Waals surface area contributed by atoms with Crippen LogP contribution in [-0.4, -0.2) is 16.6 Å². The lowest BCUT2D eigenvalue weighted by Crippen LogP contribution is -2.28. The normalized spacial score (nSPS) is 13.2. The lowest BCUT2D eigenvalue weighted by atomic mass is 10.0. The molecule has 3 nitrogen and oxygen atoms in total. The Morgan fingerprint density at radius 3 is 2.60 bits per heavy atom. The van der Waals surface area contributed by atoms with Gasteiger partial charge in [0.2, 0.25) is 0 Å². The van der Waals surface area contributed by atoms with E-state index >= 15 is 0 Å². The van der Waals surface area contributed by atoms with E-state index in [1.165, 1.54) is 0 Å². The molecule has 0 aliphatic carbocycles. The van der Waals surface area contributed by atoms with Crippen molar-refractivity contribution in [2.24, 2.45) is 5.92 Å². The molecule has 0 N–H and O–H groups in total. The van der Waals surface area contributed by atoms with Crippen LogP contribution in [0.2, 0.25) is 0 Å². The molecule has 0 aliphatic rings. The molecule has 2 aromatic rings. The zero-order valence-corrected chi connectivity index (χ0v) is 12.5. The smallest absolute Gasteiger partial charge is 0.309 e. The van der Waals surface area contributed by atoms with E-state index < -0.39 is 5.60 Å². The summed E-state index contributed by atoms with van der Waals surface area (Å²) < 4.78 is 5.39. The summed E-state index contributed by atoms with van der Waals surface area (Å²) in [5, 5.41) is 1.11. The highest BCUT2D eigenvalue weighted by Gasteiger charge is 2.22. The number of carbonyl (C=O) groups is 1. The predicted octanol–water partition coefficient (Wildman–Crippen LogP) is 3.76. The number of benzene rings is 1. The van der Waals surface area contributed by atoms with Crippen molar-refractivity contribution >= 4 is 16.9 Å². The molecule has 0 fully saturated rings. The van der Waals surface area contributed by atoms with Crippen LogP contribution in [0.15, 0.2) is 36.4 Å². The van der Waals surface area contributed by atoms with Crippen molar-refractivity contribution in [3.05, 3.63) is 42.1 Å². The van der Waals surface area contributed by atoms with Crippen LogP contribution in [0.4, 0.5) is 0 Å². The van der Waals surface area contributed by atoms with Gasteiger partial charge in [-0.15, -0.1) is 0 Å². The number of para-hydroxylation sites is 1. The molecular formula is C17H21NO2. The van der Waals surface area contributed by atoms with Crippen molar-refractivity contribution < 1.29 is 9.53 Å². The summed E-state index contributed by atoms with van der Waals surface area (Å²) in [7, 11) is 0. The number of esters is 1. The summed E-state index contributed by atoms with van der Waals surface area (Å²) in [6, 6.07) is 12.0. The molecular weight excluding hydrogens is 250 g/mol. The summed E-state index contributed by atoms with van der Waals surface area (Å²) in [5.74, 6) is -0.365. The van der Waals surface area contributed by atoms with Gasteiger partial charge in [0.1, 0.15) is 5.60 Å². The molecule has 1 heterocycles. The summed E-state index contributed by atoms with van der Waals surface area (Å²) in [6.07, 6.45) is 0.597. The number of carbonyl (C=O) groups excluding carboxylic acids is 1. The first-order valence-corrected chi connectivity index (χ1v) is 6.93. The van der Waals surface area contributed by atoms with Crippen LogP contribution in [0.5, 0.6) is 0 Å².